The van der Waals surface area contributed by atoms with Gasteiger partial charge in [0.2, 0.25) is 8.32 Å². The number of hydrogen-bond acceptors (Lipinski definition) is 6. The van der Waals surface area contributed by atoms with Crippen LogP contribution in [-0.4, -0.2) is 34.5 Å². The van der Waals surface area contributed by atoms with Gasteiger partial charge in [-0.3, -0.25) is 0 Å². The second-order valence-electron chi connectivity index (χ2n) is 6.44. The molecule has 0 atom stereocenters. The van der Waals surface area contributed by atoms with E-state index in [0.29, 0.717) is 17.0 Å². The summed E-state index contributed by atoms with van der Waals surface area (Å²) in [5, 5.41) is 0. The maximum Gasteiger partial charge on any atom is 0.242 e. The maximum absolute atomic E-state index is 6.11. The second-order valence-corrected chi connectivity index (χ2v) is 10.9. The van der Waals surface area contributed by atoms with Crippen molar-refractivity contribution in [3.8, 4) is 5.75 Å². The van der Waals surface area contributed by atoms with E-state index in [9.17, 15) is 0 Å². The van der Waals surface area contributed by atoms with Crippen LogP contribution in [0.2, 0.25) is 19.6 Å². The SMILES string of the molecule is Cc1ccc(O[Si](C)(C)C)c(/N=C\c2ncc3nccnc3n2)c1. The number of aryl methyl sites for hydroxylation is 1. The van der Waals surface area contributed by atoms with Gasteiger partial charge in [-0.25, -0.2) is 24.9 Å². The lowest BCUT2D eigenvalue weighted by molar-refractivity contribution is 0.559. The first-order valence-electron chi connectivity index (χ1n) is 7.68. The molecule has 0 aliphatic rings. The van der Waals surface area contributed by atoms with E-state index >= 15 is 0 Å². The molecule has 3 rings (SSSR count). The highest BCUT2D eigenvalue weighted by molar-refractivity contribution is 6.70. The molecule has 2 heterocycles. The topological polar surface area (TPSA) is 73.2 Å². The largest absolute Gasteiger partial charge is 0.543 e. The molecule has 0 saturated carbocycles. The molecular weight excluding hydrogens is 318 g/mol. The Morgan fingerprint density at radius 1 is 1.08 bits per heavy atom. The fraction of sp³-hybridized carbons (Fsp3) is 0.235. The predicted molar refractivity (Wildman–Crippen MR) is 97.5 cm³/mol. The van der Waals surface area contributed by atoms with Gasteiger partial charge in [-0.1, -0.05) is 6.07 Å². The van der Waals surface area contributed by atoms with E-state index in [1.165, 1.54) is 0 Å². The van der Waals surface area contributed by atoms with Crippen LogP contribution in [-0.2, 0) is 0 Å². The molecule has 6 nitrogen and oxygen atoms in total. The van der Waals surface area contributed by atoms with Crippen LogP contribution < -0.4 is 4.43 Å². The van der Waals surface area contributed by atoms with E-state index in [1.807, 2.05) is 25.1 Å². The van der Waals surface area contributed by atoms with Gasteiger partial charge in [-0.2, -0.15) is 0 Å². The molecule has 24 heavy (non-hydrogen) atoms. The van der Waals surface area contributed by atoms with Gasteiger partial charge in [0.15, 0.2) is 11.5 Å². The number of rotatable bonds is 4. The molecule has 0 amide bonds. The van der Waals surface area contributed by atoms with Crippen molar-refractivity contribution in [2.24, 2.45) is 4.99 Å². The number of fused-ring (bicyclic) bond motifs is 1. The number of aromatic nitrogens is 4. The highest BCUT2D eigenvalue weighted by Crippen LogP contribution is 2.30. The van der Waals surface area contributed by atoms with E-state index in [1.54, 1.807) is 24.8 Å². The van der Waals surface area contributed by atoms with E-state index in [4.69, 9.17) is 4.43 Å². The Morgan fingerprint density at radius 2 is 1.88 bits per heavy atom. The first-order chi connectivity index (χ1) is 11.4. The van der Waals surface area contributed by atoms with Crippen LogP contribution in [0.1, 0.15) is 11.4 Å². The van der Waals surface area contributed by atoms with Gasteiger partial charge in [0.1, 0.15) is 17.0 Å². The summed E-state index contributed by atoms with van der Waals surface area (Å²) in [6.07, 6.45) is 6.50. The van der Waals surface area contributed by atoms with E-state index in [-0.39, 0.29) is 0 Å². The van der Waals surface area contributed by atoms with Crippen molar-refractivity contribution >= 4 is 31.4 Å². The Kier molecular flexibility index (Phi) is 4.35. The van der Waals surface area contributed by atoms with Crippen LogP contribution in [0.25, 0.3) is 11.2 Å². The molecule has 7 heteroatoms. The molecular formula is C17H19N5OSi. The molecule has 0 spiro atoms. The molecule has 0 aliphatic carbocycles. The van der Waals surface area contributed by atoms with Crippen LogP contribution in [0.5, 0.6) is 5.75 Å². The molecule has 0 N–H and O–H groups in total. The lowest BCUT2D eigenvalue weighted by Gasteiger charge is -2.20. The summed E-state index contributed by atoms with van der Waals surface area (Å²) in [4.78, 5) is 21.5. The highest BCUT2D eigenvalue weighted by Gasteiger charge is 2.18. The van der Waals surface area contributed by atoms with Crippen LogP contribution >= 0.6 is 0 Å². The van der Waals surface area contributed by atoms with Crippen LogP contribution in [0.4, 0.5) is 5.69 Å². The molecule has 122 valence electrons. The Hall–Kier alpha value is -2.67. The van der Waals surface area contributed by atoms with Crippen LogP contribution in [0, 0.1) is 6.92 Å². The van der Waals surface area contributed by atoms with Crippen molar-refractivity contribution in [3.05, 3.63) is 48.2 Å². The van der Waals surface area contributed by atoms with Crippen molar-refractivity contribution < 1.29 is 4.43 Å². The summed E-state index contributed by atoms with van der Waals surface area (Å²) < 4.78 is 6.11. The molecule has 2 aromatic heterocycles. The zero-order valence-electron chi connectivity index (χ0n) is 14.2. The lowest BCUT2D eigenvalue weighted by atomic mass is 10.2. The van der Waals surface area contributed by atoms with Gasteiger partial charge < -0.3 is 4.43 Å². The lowest BCUT2D eigenvalue weighted by Crippen LogP contribution is -2.29. The molecule has 0 unspecified atom stereocenters. The van der Waals surface area contributed by atoms with Crippen molar-refractivity contribution in [2.45, 2.75) is 26.6 Å². The number of aliphatic imine (C=N–C) groups is 1. The Balaban J connectivity index is 1.93. The van der Waals surface area contributed by atoms with Crippen LogP contribution in [0.3, 0.4) is 0 Å². The average molecular weight is 337 g/mol. The summed E-state index contributed by atoms with van der Waals surface area (Å²) in [7, 11) is -1.71. The predicted octanol–water partition coefficient (Wildman–Crippen LogP) is 3.69. The normalized spacial score (nSPS) is 12.0. The summed E-state index contributed by atoms with van der Waals surface area (Å²) in [5.74, 6) is 1.28. The third-order valence-corrected chi connectivity index (χ3v) is 3.93. The zero-order valence-corrected chi connectivity index (χ0v) is 15.2. The molecule has 3 aromatic rings. The molecule has 0 bridgehead atoms. The fourth-order valence-corrected chi connectivity index (χ4v) is 2.95. The standard InChI is InChI=1S/C17H19N5OSi/c1-12-5-6-15(23-24(2,3)4)13(9-12)20-11-16-21-10-14-17(22-16)19-8-7-18-14/h5-11H,1-4H3/b20-11-. The average Bonchev–Trinajstić information content (AvgIpc) is 2.53. The quantitative estimate of drug-likeness (QED) is 0.536. The summed E-state index contributed by atoms with van der Waals surface area (Å²) in [6, 6.07) is 5.98. The van der Waals surface area contributed by atoms with Gasteiger partial charge in [-0.05, 0) is 44.3 Å². The van der Waals surface area contributed by atoms with Gasteiger partial charge in [0.25, 0.3) is 0 Å². The minimum absolute atomic E-state index is 0.489. The minimum atomic E-state index is -1.71. The van der Waals surface area contributed by atoms with E-state index < -0.39 is 8.32 Å². The van der Waals surface area contributed by atoms with Gasteiger partial charge in [0, 0.05) is 12.4 Å². The van der Waals surface area contributed by atoms with Crippen LogP contribution in [0.15, 0.2) is 41.8 Å². The first kappa shape index (κ1) is 16.2. The third-order valence-electron chi connectivity index (χ3n) is 3.10. The van der Waals surface area contributed by atoms with Crippen molar-refractivity contribution in [1.82, 2.24) is 19.9 Å². The Morgan fingerprint density at radius 3 is 2.67 bits per heavy atom. The van der Waals surface area contributed by atoms with E-state index in [2.05, 4.69) is 44.6 Å². The van der Waals surface area contributed by atoms with Gasteiger partial charge in [0.05, 0.1) is 12.4 Å². The molecule has 0 aliphatic heterocycles. The van der Waals surface area contributed by atoms with Gasteiger partial charge in [-0.15, -0.1) is 0 Å². The van der Waals surface area contributed by atoms with Crippen molar-refractivity contribution in [3.63, 3.8) is 0 Å². The van der Waals surface area contributed by atoms with Crippen molar-refractivity contribution in [2.75, 3.05) is 0 Å². The summed E-state index contributed by atoms with van der Waals surface area (Å²) in [5.41, 5.74) is 3.11. The monoisotopic (exact) mass is 337 g/mol. The van der Waals surface area contributed by atoms with Crippen molar-refractivity contribution in [1.29, 1.82) is 0 Å². The third kappa shape index (κ3) is 3.99. The fourth-order valence-electron chi connectivity index (χ4n) is 2.12. The first-order valence-corrected chi connectivity index (χ1v) is 11.1. The zero-order chi connectivity index (χ0) is 17.2. The number of nitrogens with zero attached hydrogens (tertiary/aromatic N) is 5. The molecule has 0 radical (unpaired) electrons. The second kappa shape index (κ2) is 6.44. The minimum Gasteiger partial charge on any atom is -0.543 e. The number of hydrogen-bond donors (Lipinski definition) is 0. The Labute approximate surface area is 141 Å². The molecule has 1 aromatic carbocycles. The highest BCUT2D eigenvalue weighted by atomic mass is 28.4. The van der Waals surface area contributed by atoms with Gasteiger partial charge >= 0.3 is 0 Å². The Bertz CT molecular complexity index is 905. The number of benzene rings is 1. The summed E-state index contributed by atoms with van der Waals surface area (Å²) >= 11 is 0. The smallest absolute Gasteiger partial charge is 0.242 e. The van der Waals surface area contributed by atoms with E-state index in [0.717, 1.165) is 17.0 Å². The molecule has 0 saturated heterocycles. The maximum atomic E-state index is 6.11. The molecule has 0 fully saturated rings. The summed E-state index contributed by atoms with van der Waals surface area (Å²) in [6.45, 7) is 8.46.